The van der Waals surface area contributed by atoms with Crippen molar-refractivity contribution in [3.8, 4) is 0 Å². The van der Waals surface area contributed by atoms with Crippen molar-refractivity contribution in [3.05, 3.63) is 0 Å². The molecular formula is C13H24O4. The van der Waals surface area contributed by atoms with E-state index in [1.165, 1.54) is 0 Å². The summed E-state index contributed by atoms with van der Waals surface area (Å²) in [5.41, 5.74) is 0. The average Bonchev–Trinajstić information content (AvgIpc) is 2.24. The Bertz CT molecular complexity index is 262. The van der Waals surface area contributed by atoms with Gasteiger partial charge < -0.3 is 10.2 Å². The minimum absolute atomic E-state index is 0.127. The lowest BCUT2D eigenvalue weighted by atomic mass is 9.85. The first kappa shape index (κ1) is 15.9. The van der Waals surface area contributed by atoms with Crippen molar-refractivity contribution >= 4 is 11.9 Å². The molecule has 0 spiro atoms. The van der Waals surface area contributed by atoms with Gasteiger partial charge in [0.1, 0.15) is 0 Å². The predicted molar refractivity (Wildman–Crippen MR) is 65.8 cm³/mol. The fourth-order valence-corrected chi connectivity index (χ4v) is 1.86. The zero-order valence-electron chi connectivity index (χ0n) is 11.1. The van der Waals surface area contributed by atoms with Gasteiger partial charge in [0, 0.05) is 0 Å². The molecule has 0 saturated carbocycles. The number of carboxylic acid groups (broad SMARTS) is 2. The molecule has 0 radical (unpaired) electrons. The molecule has 0 rings (SSSR count). The van der Waals surface area contributed by atoms with E-state index >= 15 is 0 Å². The van der Waals surface area contributed by atoms with E-state index in [9.17, 15) is 9.59 Å². The van der Waals surface area contributed by atoms with Crippen LogP contribution in [-0.4, -0.2) is 22.2 Å². The Morgan fingerprint density at radius 1 is 0.941 bits per heavy atom. The third-order valence-electron chi connectivity index (χ3n) is 3.53. The first-order chi connectivity index (χ1) is 7.75. The van der Waals surface area contributed by atoms with Crippen LogP contribution < -0.4 is 0 Å². The quantitative estimate of drug-likeness (QED) is 0.688. The van der Waals surface area contributed by atoms with Crippen LogP contribution in [0.5, 0.6) is 0 Å². The summed E-state index contributed by atoms with van der Waals surface area (Å²) in [4.78, 5) is 21.5. The highest BCUT2D eigenvalue weighted by atomic mass is 16.4. The lowest BCUT2D eigenvalue weighted by Crippen LogP contribution is -2.20. The standard InChI is InChI=1S/C13H24O4/c1-8(5-6-9(2)12(14)15)7-10(3)11(4)13(16)17/h8-11H,5-7H2,1-4H3,(H,14,15)(H,16,17). The van der Waals surface area contributed by atoms with Crippen LogP contribution in [0.25, 0.3) is 0 Å². The summed E-state index contributed by atoms with van der Waals surface area (Å²) in [5, 5.41) is 17.6. The monoisotopic (exact) mass is 244 g/mol. The second-order valence-corrected chi connectivity index (χ2v) is 5.26. The summed E-state index contributed by atoms with van der Waals surface area (Å²) in [6.07, 6.45) is 2.33. The number of aliphatic carboxylic acids is 2. The lowest BCUT2D eigenvalue weighted by Gasteiger charge is -2.20. The molecule has 0 amide bonds. The van der Waals surface area contributed by atoms with Crippen molar-refractivity contribution in [2.24, 2.45) is 23.7 Å². The number of hydrogen-bond acceptors (Lipinski definition) is 2. The van der Waals surface area contributed by atoms with Crippen LogP contribution in [-0.2, 0) is 9.59 Å². The van der Waals surface area contributed by atoms with E-state index in [-0.39, 0.29) is 17.8 Å². The fourth-order valence-electron chi connectivity index (χ4n) is 1.86. The summed E-state index contributed by atoms with van der Waals surface area (Å²) in [6.45, 7) is 7.42. The molecule has 0 heterocycles. The molecule has 2 N–H and O–H groups in total. The molecule has 100 valence electrons. The van der Waals surface area contributed by atoms with Crippen LogP contribution in [0.3, 0.4) is 0 Å². The zero-order valence-corrected chi connectivity index (χ0v) is 11.1. The smallest absolute Gasteiger partial charge is 0.306 e. The summed E-state index contributed by atoms with van der Waals surface area (Å²) in [6, 6.07) is 0. The summed E-state index contributed by atoms with van der Waals surface area (Å²) in [7, 11) is 0. The fraction of sp³-hybridized carbons (Fsp3) is 0.846. The predicted octanol–water partition coefficient (Wildman–Crippen LogP) is 2.87. The molecule has 0 bridgehead atoms. The Morgan fingerprint density at radius 2 is 1.47 bits per heavy atom. The minimum Gasteiger partial charge on any atom is -0.481 e. The highest BCUT2D eigenvalue weighted by Gasteiger charge is 2.21. The van der Waals surface area contributed by atoms with Crippen molar-refractivity contribution in [1.82, 2.24) is 0 Å². The van der Waals surface area contributed by atoms with Gasteiger partial charge in [-0.25, -0.2) is 0 Å². The molecule has 4 heteroatoms. The van der Waals surface area contributed by atoms with Gasteiger partial charge in [0.2, 0.25) is 0 Å². The number of rotatable bonds is 8. The van der Waals surface area contributed by atoms with Gasteiger partial charge in [-0.3, -0.25) is 9.59 Å². The Balaban J connectivity index is 3.97. The topological polar surface area (TPSA) is 74.6 Å². The molecule has 4 atom stereocenters. The molecule has 0 fully saturated rings. The maximum absolute atomic E-state index is 10.8. The summed E-state index contributed by atoms with van der Waals surface area (Å²) < 4.78 is 0. The summed E-state index contributed by atoms with van der Waals surface area (Å²) in [5.74, 6) is -1.68. The van der Waals surface area contributed by atoms with Crippen LogP contribution in [0.15, 0.2) is 0 Å². The van der Waals surface area contributed by atoms with Crippen molar-refractivity contribution in [3.63, 3.8) is 0 Å². The molecule has 0 aromatic rings. The Morgan fingerprint density at radius 3 is 1.88 bits per heavy atom. The zero-order chi connectivity index (χ0) is 13.6. The maximum Gasteiger partial charge on any atom is 0.306 e. The largest absolute Gasteiger partial charge is 0.481 e. The van der Waals surface area contributed by atoms with E-state index in [2.05, 4.69) is 6.92 Å². The van der Waals surface area contributed by atoms with E-state index in [0.29, 0.717) is 12.3 Å². The van der Waals surface area contributed by atoms with Gasteiger partial charge in [-0.05, 0) is 31.1 Å². The molecule has 0 aromatic carbocycles. The van der Waals surface area contributed by atoms with E-state index in [0.717, 1.165) is 12.8 Å². The normalized spacial score (nSPS) is 18.1. The lowest BCUT2D eigenvalue weighted by molar-refractivity contribution is -0.143. The first-order valence-electron chi connectivity index (χ1n) is 6.21. The molecular weight excluding hydrogens is 220 g/mol. The van der Waals surface area contributed by atoms with Crippen LogP contribution in [0.2, 0.25) is 0 Å². The molecule has 0 aliphatic rings. The molecule has 0 saturated heterocycles. The van der Waals surface area contributed by atoms with Crippen LogP contribution in [0.1, 0.15) is 47.0 Å². The number of carboxylic acids is 2. The van der Waals surface area contributed by atoms with Crippen molar-refractivity contribution in [2.75, 3.05) is 0 Å². The van der Waals surface area contributed by atoms with Gasteiger partial charge in [0.15, 0.2) is 0 Å². The van der Waals surface area contributed by atoms with Crippen molar-refractivity contribution < 1.29 is 19.8 Å². The van der Waals surface area contributed by atoms with E-state index in [1.807, 2.05) is 6.92 Å². The number of carbonyl (C=O) groups is 2. The van der Waals surface area contributed by atoms with Gasteiger partial charge >= 0.3 is 11.9 Å². The summed E-state index contributed by atoms with van der Waals surface area (Å²) >= 11 is 0. The third-order valence-corrected chi connectivity index (χ3v) is 3.53. The molecule has 4 unspecified atom stereocenters. The van der Waals surface area contributed by atoms with Gasteiger partial charge in [0.25, 0.3) is 0 Å². The van der Waals surface area contributed by atoms with Gasteiger partial charge in [-0.2, -0.15) is 0 Å². The van der Waals surface area contributed by atoms with Gasteiger partial charge in [-0.1, -0.05) is 27.7 Å². The van der Waals surface area contributed by atoms with Crippen LogP contribution in [0, 0.1) is 23.7 Å². The SMILES string of the molecule is CC(CCC(C)C(=O)O)CC(C)C(C)C(=O)O. The van der Waals surface area contributed by atoms with E-state index in [1.54, 1.807) is 13.8 Å². The second kappa shape index (κ2) is 7.30. The van der Waals surface area contributed by atoms with Crippen molar-refractivity contribution in [2.45, 2.75) is 47.0 Å². The van der Waals surface area contributed by atoms with Gasteiger partial charge in [-0.15, -0.1) is 0 Å². The first-order valence-corrected chi connectivity index (χ1v) is 6.21. The average molecular weight is 244 g/mol. The molecule has 4 nitrogen and oxygen atoms in total. The molecule has 0 aromatic heterocycles. The highest BCUT2D eigenvalue weighted by Crippen LogP contribution is 2.24. The minimum atomic E-state index is -0.761. The Kier molecular flexibility index (Phi) is 6.85. The van der Waals surface area contributed by atoms with E-state index in [4.69, 9.17) is 10.2 Å². The molecule has 17 heavy (non-hydrogen) atoms. The van der Waals surface area contributed by atoms with Crippen molar-refractivity contribution in [1.29, 1.82) is 0 Å². The van der Waals surface area contributed by atoms with Crippen LogP contribution in [0.4, 0.5) is 0 Å². The third kappa shape index (κ3) is 6.29. The Labute approximate surface area is 103 Å². The number of hydrogen-bond donors (Lipinski definition) is 2. The van der Waals surface area contributed by atoms with E-state index < -0.39 is 11.9 Å². The van der Waals surface area contributed by atoms with Gasteiger partial charge in [0.05, 0.1) is 11.8 Å². The van der Waals surface area contributed by atoms with Crippen LogP contribution >= 0.6 is 0 Å². The molecule has 0 aliphatic carbocycles. The second-order valence-electron chi connectivity index (χ2n) is 5.26. The Hall–Kier alpha value is -1.06. The highest BCUT2D eigenvalue weighted by molar-refractivity contribution is 5.70. The maximum atomic E-state index is 10.8. The molecule has 0 aliphatic heterocycles.